The molecule has 1 rings (SSSR count). The molecule has 4 heteroatoms. The van der Waals surface area contributed by atoms with E-state index in [1.807, 2.05) is 18.0 Å². The first kappa shape index (κ1) is 12.5. The number of carbonyl (C=O) groups excluding carboxylic acids is 1. The standard InChI is InChI=1S/C12H16FNO2/c1-14(8-4-7-12(15)16-2)11-6-3-5-10(13)9-11/h3,5-6,9H,4,7-8H2,1-2H3. The van der Waals surface area contributed by atoms with Gasteiger partial charge in [0.15, 0.2) is 0 Å². The number of carbonyl (C=O) groups is 1. The third kappa shape index (κ3) is 3.88. The third-order valence-corrected chi connectivity index (χ3v) is 2.35. The molecule has 0 spiro atoms. The zero-order chi connectivity index (χ0) is 12.0. The average Bonchev–Trinajstić information content (AvgIpc) is 2.28. The summed E-state index contributed by atoms with van der Waals surface area (Å²) in [6.07, 6.45) is 1.08. The van der Waals surface area contributed by atoms with Crippen molar-refractivity contribution in [2.45, 2.75) is 12.8 Å². The summed E-state index contributed by atoms with van der Waals surface area (Å²) in [6.45, 7) is 0.693. The highest BCUT2D eigenvalue weighted by atomic mass is 19.1. The van der Waals surface area contributed by atoms with Crippen LogP contribution in [0.25, 0.3) is 0 Å². The first-order chi connectivity index (χ1) is 7.63. The molecule has 0 aliphatic heterocycles. The zero-order valence-corrected chi connectivity index (χ0v) is 9.57. The molecule has 0 amide bonds. The maximum absolute atomic E-state index is 12.9. The van der Waals surface area contributed by atoms with E-state index >= 15 is 0 Å². The van der Waals surface area contributed by atoms with E-state index in [-0.39, 0.29) is 11.8 Å². The minimum Gasteiger partial charge on any atom is -0.469 e. The van der Waals surface area contributed by atoms with Gasteiger partial charge in [0.25, 0.3) is 0 Å². The van der Waals surface area contributed by atoms with E-state index in [1.54, 1.807) is 6.07 Å². The van der Waals surface area contributed by atoms with Crippen LogP contribution < -0.4 is 4.90 Å². The van der Waals surface area contributed by atoms with Gasteiger partial charge in [0, 0.05) is 25.7 Å². The smallest absolute Gasteiger partial charge is 0.305 e. The van der Waals surface area contributed by atoms with Gasteiger partial charge in [-0.1, -0.05) is 6.07 Å². The molecule has 0 heterocycles. The van der Waals surface area contributed by atoms with Crippen LogP contribution in [0.15, 0.2) is 24.3 Å². The van der Waals surface area contributed by atoms with Crippen LogP contribution in [0.2, 0.25) is 0 Å². The lowest BCUT2D eigenvalue weighted by Gasteiger charge is -2.18. The predicted octanol–water partition coefficient (Wildman–Crippen LogP) is 2.22. The summed E-state index contributed by atoms with van der Waals surface area (Å²) in [6, 6.07) is 6.38. The highest BCUT2D eigenvalue weighted by molar-refractivity contribution is 5.69. The van der Waals surface area contributed by atoms with E-state index in [2.05, 4.69) is 4.74 Å². The van der Waals surface area contributed by atoms with Crippen molar-refractivity contribution in [1.29, 1.82) is 0 Å². The lowest BCUT2D eigenvalue weighted by Crippen LogP contribution is -2.19. The number of nitrogens with zero attached hydrogens (tertiary/aromatic N) is 1. The maximum atomic E-state index is 12.9. The molecular weight excluding hydrogens is 209 g/mol. The molecule has 0 saturated carbocycles. The van der Waals surface area contributed by atoms with Gasteiger partial charge in [-0.3, -0.25) is 4.79 Å². The number of hydrogen-bond acceptors (Lipinski definition) is 3. The summed E-state index contributed by atoms with van der Waals surface area (Å²) in [5, 5.41) is 0. The molecule has 0 radical (unpaired) electrons. The molecule has 3 nitrogen and oxygen atoms in total. The number of hydrogen-bond donors (Lipinski definition) is 0. The third-order valence-electron chi connectivity index (χ3n) is 2.35. The van der Waals surface area contributed by atoms with E-state index in [0.717, 1.165) is 5.69 Å². The largest absolute Gasteiger partial charge is 0.469 e. The summed E-state index contributed by atoms with van der Waals surface area (Å²) in [7, 11) is 3.24. The molecule has 16 heavy (non-hydrogen) atoms. The fraction of sp³-hybridized carbons (Fsp3) is 0.417. The second kappa shape index (κ2) is 6.10. The van der Waals surface area contributed by atoms with Crippen LogP contribution in [-0.4, -0.2) is 26.7 Å². The molecule has 1 aromatic carbocycles. The van der Waals surface area contributed by atoms with E-state index < -0.39 is 0 Å². The Hall–Kier alpha value is -1.58. The molecule has 88 valence electrons. The average molecular weight is 225 g/mol. The van der Waals surface area contributed by atoms with E-state index in [9.17, 15) is 9.18 Å². The molecule has 0 bridgehead atoms. The molecule has 0 atom stereocenters. The number of benzene rings is 1. The van der Waals surface area contributed by atoms with Gasteiger partial charge in [-0.15, -0.1) is 0 Å². The summed E-state index contributed by atoms with van der Waals surface area (Å²) >= 11 is 0. The SMILES string of the molecule is COC(=O)CCCN(C)c1cccc(F)c1. The second-order valence-corrected chi connectivity index (χ2v) is 3.58. The van der Waals surface area contributed by atoms with Crippen molar-refractivity contribution < 1.29 is 13.9 Å². The first-order valence-electron chi connectivity index (χ1n) is 5.17. The van der Waals surface area contributed by atoms with Gasteiger partial charge in [0.1, 0.15) is 5.82 Å². The number of anilines is 1. The zero-order valence-electron chi connectivity index (χ0n) is 9.57. The predicted molar refractivity (Wildman–Crippen MR) is 60.9 cm³/mol. The highest BCUT2D eigenvalue weighted by Gasteiger charge is 2.04. The Labute approximate surface area is 94.8 Å². The molecular formula is C12H16FNO2. The Balaban J connectivity index is 2.40. The van der Waals surface area contributed by atoms with Crippen LogP contribution in [-0.2, 0) is 9.53 Å². The van der Waals surface area contributed by atoms with Gasteiger partial charge >= 0.3 is 5.97 Å². The summed E-state index contributed by atoms with van der Waals surface area (Å²) in [5.74, 6) is -0.468. The Morgan fingerprint density at radius 2 is 2.25 bits per heavy atom. The molecule has 1 aromatic rings. The van der Waals surface area contributed by atoms with Gasteiger partial charge in [0.05, 0.1) is 7.11 Å². The molecule has 0 aliphatic carbocycles. The first-order valence-corrected chi connectivity index (χ1v) is 5.17. The number of esters is 1. The van der Waals surface area contributed by atoms with Crippen LogP contribution in [0.1, 0.15) is 12.8 Å². The quantitative estimate of drug-likeness (QED) is 0.719. The van der Waals surface area contributed by atoms with Gasteiger partial charge < -0.3 is 9.64 Å². The molecule has 0 saturated heterocycles. The van der Waals surface area contributed by atoms with Gasteiger partial charge in [-0.2, -0.15) is 0 Å². The highest BCUT2D eigenvalue weighted by Crippen LogP contribution is 2.14. The second-order valence-electron chi connectivity index (χ2n) is 3.58. The normalized spacial score (nSPS) is 9.94. The van der Waals surface area contributed by atoms with Crippen LogP contribution >= 0.6 is 0 Å². The van der Waals surface area contributed by atoms with Gasteiger partial charge in [-0.25, -0.2) is 4.39 Å². The van der Waals surface area contributed by atoms with E-state index in [4.69, 9.17) is 0 Å². The van der Waals surface area contributed by atoms with E-state index in [0.29, 0.717) is 19.4 Å². The van der Waals surface area contributed by atoms with Crippen LogP contribution in [0.3, 0.4) is 0 Å². The minimum absolute atomic E-state index is 0.215. The van der Waals surface area contributed by atoms with Crippen molar-refractivity contribution in [2.75, 3.05) is 25.6 Å². The Kier molecular flexibility index (Phi) is 4.76. The fourth-order valence-corrected chi connectivity index (χ4v) is 1.41. The van der Waals surface area contributed by atoms with Crippen molar-refractivity contribution in [1.82, 2.24) is 0 Å². The topological polar surface area (TPSA) is 29.5 Å². The number of methoxy groups -OCH3 is 1. The molecule has 0 N–H and O–H groups in total. The monoisotopic (exact) mass is 225 g/mol. The van der Waals surface area contributed by atoms with Crippen molar-refractivity contribution >= 4 is 11.7 Å². The van der Waals surface area contributed by atoms with Crippen molar-refractivity contribution in [3.05, 3.63) is 30.1 Å². The number of rotatable bonds is 5. The Morgan fingerprint density at radius 3 is 2.88 bits per heavy atom. The van der Waals surface area contributed by atoms with Crippen molar-refractivity contribution in [3.8, 4) is 0 Å². The van der Waals surface area contributed by atoms with Gasteiger partial charge in [0.2, 0.25) is 0 Å². The van der Waals surface area contributed by atoms with Crippen LogP contribution in [0.4, 0.5) is 10.1 Å². The number of halogens is 1. The van der Waals surface area contributed by atoms with E-state index in [1.165, 1.54) is 19.2 Å². The Bertz CT molecular complexity index is 355. The van der Waals surface area contributed by atoms with Crippen LogP contribution in [0.5, 0.6) is 0 Å². The van der Waals surface area contributed by atoms with Gasteiger partial charge in [-0.05, 0) is 24.6 Å². The lowest BCUT2D eigenvalue weighted by atomic mass is 10.2. The lowest BCUT2D eigenvalue weighted by molar-refractivity contribution is -0.140. The molecule has 0 fully saturated rings. The molecule has 0 aliphatic rings. The molecule has 0 aromatic heterocycles. The summed E-state index contributed by atoms with van der Waals surface area (Å²) in [4.78, 5) is 12.8. The summed E-state index contributed by atoms with van der Waals surface area (Å²) < 4.78 is 17.5. The Morgan fingerprint density at radius 1 is 1.50 bits per heavy atom. The summed E-state index contributed by atoms with van der Waals surface area (Å²) in [5.41, 5.74) is 0.810. The maximum Gasteiger partial charge on any atom is 0.305 e. The van der Waals surface area contributed by atoms with Crippen LogP contribution in [0, 0.1) is 5.82 Å². The molecule has 0 unspecified atom stereocenters. The number of ether oxygens (including phenoxy) is 1. The van der Waals surface area contributed by atoms with Crippen molar-refractivity contribution in [3.63, 3.8) is 0 Å². The fourth-order valence-electron chi connectivity index (χ4n) is 1.41. The minimum atomic E-state index is -0.252. The van der Waals surface area contributed by atoms with Crippen molar-refractivity contribution in [2.24, 2.45) is 0 Å².